The van der Waals surface area contributed by atoms with Gasteiger partial charge in [0.05, 0.1) is 23.7 Å². The second-order valence-electron chi connectivity index (χ2n) is 4.19. The Kier molecular flexibility index (Phi) is 4.73. The number of furan rings is 1. The SMILES string of the molecule is COC(=O)c1cc(NC(C)c2ccc(Br)o2)ccc1Cl. The first-order valence-corrected chi connectivity index (χ1v) is 7.08. The number of benzene rings is 1. The molecule has 1 aromatic carbocycles. The number of carbonyl (C=O) groups is 1. The van der Waals surface area contributed by atoms with Crippen LogP contribution < -0.4 is 5.32 Å². The summed E-state index contributed by atoms with van der Waals surface area (Å²) in [5.41, 5.74) is 1.09. The zero-order valence-corrected chi connectivity index (χ0v) is 13.3. The molecule has 1 atom stereocenters. The first kappa shape index (κ1) is 14.9. The predicted octanol–water partition coefficient (Wildman–Crippen LogP) is 4.66. The van der Waals surface area contributed by atoms with E-state index in [-0.39, 0.29) is 6.04 Å². The lowest BCUT2D eigenvalue weighted by molar-refractivity contribution is 0.0601. The standard InChI is InChI=1S/C14H13BrClNO3/c1-8(12-5-6-13(15)20-12)17-9-3-4-11(16)10(7-9)14(18)19-2/h3-8,17H,1-2H3. The van der Waals surface area contributed by atoms with Crippen LogP contribution in [-0.2, 0) is 4.74 Å². The van der Waals surface area contributed by atoms with Crippen LogP contribution in [0.5, 0.6) is 0 Å². The molecule has 0 radical (unpaired) electrons. The molecule has 0 amide bonds. The van der Waals surface area contributed by atoms with Crippen molar-refractivity contribution < 1.29 is 13.9 Å². The van der Waals surface area contributed by atoms with Gasteiger partial charge >= 0.3 is 5.97 Å². The molecule has 106 valence electrons. The van der Waals surface area contributed by atoms with Crippen LogP contribution in [-0.4, -0.2) is 13.1 Å². The van der Waals surface area contributed by atoms with E-state index >= 15 is 0 Å². The van der Waals surface area contributed by atoms with Crippen molar-refractivity contribution in [3.63, 3.8) is 0 Å². The van der Waals surface area contributed by atoms with Crippen molar-refractivity contribution in [1.29, 1.82) is 0 Å². The smallest absolute Gasteiger partial charge is 0.339 e. The van der Waals surface area contributed by atoms with Gasteiger partial charge in [-0.25, -0.2) is 4.79 Å². The molecule has 1 unspecified atom stereocenters. The largest absolute Gasteiger partial charge is 0.465 e. The summed E-state index contributed by atoms with van der Waals surface area (Å²) < 4.78 is 10.8. The number of halogens is 2. The molecule has 2 rings (SSSR count). The van der Waals surface area contributed by atoms with Crippen LogP contribution in [0.2, 0.25) is 5.02 Å². The lowest BCUT2D eigenvalue weighted by Gasteiger charge is -2.14. The fourth-order valence-corrected chi connectivity index (χ4v) is 2.28. The Labute approximate surface area is 130 Å². The maximum Gasteiger partial charge on any atom is 0.339 e. The van der Waals surface area contributed by atoms with E-state index in [2.05, 4.69) is 26.0 Å². The van der Waals surface area contributed by atoms with E-state index in [0.29, 0.717) is 15.3 Å². The van der Waals surface area contributed by atoms with Crippen molar-refractivity contribution in [3.05, 3.63) is 51.3 Å². The van der Waals surface area contributed by atoms with Crippen molar-refractivity contribution >= 4 is 39.2 Å². The first-order chi connectivity index (χ1) is 9.51. The molecule has 0 aliphatic heterocycles. The summed E-state index contributed by atoms with van der Waals surface area (Å²) in [5, 5.41) is 3.59. The van der Waals surface area contributed by atoms with Gasteiger partial charge in [-0.1, -0.05) is 11.6 Å². The minimum Gasteiger partial charge on any atom is -0.465 e. The van der Waals surface area contributed by atoms with Gasteiger partial charge in [-0.15, -0.1) is 0 Å². The molecule has 20 heavy (non-hydrogen) atoms. The van der Waals surface area contributed by atoms with E-state index < -0.39 is 5.97 Å². The van der Waals surface area contributed by atoms with Gasteiger partial charge in [-0.2, -0.15) is 0 Å². The normalized spacial score (nSPS) is 12.0. The summed E-state index contributed by atoms with van der Waals surface area (Å²) in [4.78, 5) is 11.6. The number of rotatable bonds is 4. The average Bonchev–Trinajstić information content (AvgIpc) is 2.87. The highest BCUT2D eigenvalue weighted by Gasteiger charge is 2.14. The number of methoxy groups -OCH3 is 1. The summed E-state index contributed by atoms with van der Waals surface area (Å²) in [7, 11) is 1.32. The molecule has 6 heteroatoms. The molecule has 1 aromatic heterocycles. The molecule has 0 spiro atoms. The molecule has 2 aromatic rings. The van der Waals surface area contributed by atoms with Crippen LogP contribution in [0.25, 0.3) is 0 Å². The Morgan fingerprint density at radius 2 is 2.15 bits per heavy atom. The van der Waals surface area contributed by atoms with E-state index in [1.807, 2.05) is 19.1 Å². The van der Waals surface area contributed by atoms with Crippen LogP contribution in [0, 0.1) is 0 Å². The molecule has 1 N–H and O–H groups in total. The van der Waals surface area contributed by atoms with E-state index in [1.165, 1.54) is 7.11 Å². The third-order valence-corrected chi connectivity index (χ3v) is 3.53. The van der Waals surface area contributed by atoms with Crippen molar-refractivity contribution in [2.45, 2.75) is 13.0 Å². The Bertz CT molecular complexity index is 627. The zero-order valence-electron chi connectivity index (χ0n) is 10.9. The molecular weight excluding hydrogens is 346 g/mol. The third-order valence-electron chi connectivity index (χ3n) is 2.78. The highest BCUT2D eigenvalue weighted by Crippen LogP contribution is 2.26. The first-order valence-electron chi connectivity index (χ1n) is 5.91. The second kappa shape index (κ2) is 6.33. The lowest BCUT2D eigenvalue weighted by Crippen LogP contribution is -2.08. The monoisotopic (exact) mass is 357 g/mol. The Morgan fingerprint density at radius 3 is 2.75 bits per heavy atom. The quantitative estimate of drug-likeness (QED) is 0.808. The van der Waals surface area contributed by atoms with Crippen molar-refractivity contribution in [2.75, 3.05) is 12.4 Å². The zero-order chi connectivity index (χ0) is 14.7. The van der Waals surface area contributed by atoms with E-state index in [0.717, 1.165) is 11.4 Å². The summed E-state index contributed by atoms with van der Waals surface area (Å²) in [6.45, 7) is 1.96. The summed E-state index contributed by atoms with van der Waals surface area (Å²) in [6.07, 6.45) is 0. The van der Waals surface area contributed by atoms with Gasteiger partial charge in [0, 0.05) is 5.69 Å². The van der Waals surface area contributed by atoms with Crippen molar-refractivity contribution in [1.82, 2.24) is 0 Å². The number of ether oxygens (including phenoxy) is 1. The molecule has 1 heterocycles. The van der Waals surface area contributed by atoms with Crippen LogP contribution in [0.4, 0.5) is 5.69 Å². The van der Waals surface area contributed by atoms with E-state index in [9.17, 15) is 4.79 Å². The van der Waals surface area contributed by atoms with Gasteiger partial charge in [0.25, 0.3) is 0 Å². The van der Waals surface area contributed by atoms with Gasteiger partial charge in [0.15, 0.2) is 4.67 Å². The maximum atomic E-state index is 11.6. The minimum atomic E-state index is -0.466. The molecule has 0 bridgehead atoms. The number of nitrogens with one attached hydrogen (secondary N) is 1. The Balaban J connectivity index is 2.19. The van der Waals surface area contributed by atoms with Crippen LogP contribution in [0.1, 0.15) is 29.1 Å². The summed E-state index contributed by atoms with van der Waals surface area (Å²) >= 11 is 9.24. The molecule has 0 saturated carbocycles. The molecule has 0 aliphatic rings. The predicted molar refractivity (Wildman–Crippen MR) is 81.2 cm³/mol. The van der Waals surface area contributed by atoms with Gasteiger partial charge in [0.1, 0.15) is 5.76 Å². The second-order valence-corrected chi connectivity index (χ2v) is 5.38. The van der Waals surface area contributed by atoms with Gasteiger partial charge in [-0.3, -0.25) is 0 Å². The Hall–Kier alpha value is -1.46. The van der Waals surface area contributed by atoms with E-state index in [4.69, 9.17) is 16.0 Å². The lowest BCUT2D eigenvalue weighted by atomic mass is 10.1. The van der Waals surface area contributed by atoms with Crippen LogP contribution in [0.3, 0.4) is 0 Å². The van der Waals surface area contributed by atoms with Crippen LogP contribution >= 0.6 is 27.5 Å². The minimum absolute atomic E-state index is 0.0482. The van der Waals surface area contributed by atoms with Crippen molar-refractivity contribution in [2.24, 2.45) is 0 Å². The Morgan fingerprint density at radius 1 is 1.40 bits per heavy atom. The van der Waals surface area contributed by atoms with Crippen LogP contribution in [0.15, 0.2) is 39.4 Å². The van der Waals surface area contributed by atoms with Gasteiger partial charge in [0.2, 0.25) is 0 Å². The van der Waals surface area contributed by atoms with Gasteiger partial charge in [-0.05, 0) is 53.2 Å². The number of hydrogen-bond acceptors (Lipinski definition) is 4. The van der Waals surface area contributed by atoms with Crippen molar-refractivity contribution in [3.8, 4) is 0 Å². The number of esters is 1. The topological polar surface area (TPSA) is 51.5 Å². The summed E-state index contributed by atoms with van der Waals surface area (Å²) in [5.74, 6) is 0.318. The molecule has 0 saturated heterocycles. The number of carbonyl (C=O) groups excluding carboxylic acids is 1. The fraction of sp³-hybridized carbons (Fsp3) is 0.214. The highest BCUT2D eigenvalue weighted by molar-refractivity contribution is 9.10. The molecule has 0 aliphatic carbocycles. The highest BCUT2D eigenvalue weighted by atomic mass is 79.9. The molecule has 0 fully saturated rings. The summed E-state index contributed by atoms with van der Waals surface area (Å²) in [6, 6.07) is 8.76. The molecule has 4 nitrogen and oxygen atoms in total. The number of hydrogen-bond donors (Lipinski definition) is 1. The average molecular weight is 359 g/mol. The van der Waals surface area contributed by atoms with Gasteiger partial charge < -0.3 is 14.5 Å². The third kappa shape index (κ3) is 3.35. The fourth-order valence-electron chi connectivity index (χ4n) is 1.76. The maximum absolute atomic E-state index is 11.6. The molecular formula is C14H13BrClNO3. The number of anilines is 1. The van der Waals surface area contributed by atoms with E-state index in [1.54, 1.807) is 18.2 Å².